The molecule has 2 heterocycles. The highest BCUT2D eigenvalue weighted by molar-refractivity contribution is 7.10. The van der Waals surface area contributed by atoms with E-state index in [9.17, 15) is 0 Å². The highest BCUT2D eigenvalue weighted by Gasteiger charge is 2.25. The molecule has 0 saturated heterocycles. The molecule has 0 fully saturated rings. The molecule has 1 aromatic rings. The minimum Gasteiger partial charge on any atom is -0.367 e. The minimum atomic E-state index is 0.0408. The van der Waals surface area contributed by atoms with Crippen molar-refractivity contribution in [1.82, 2.24) is 5.32 Å². The summed E-state index contributed by atoms with van der Waals surface area (Å²) in [6, 6.07) is 2.18. The summed E-state index contributed by atoms with van der Waals surface area (Å²) in [6.45, 7) is 11.1. The summed E-state index contributed by atoms with van der Waals surface area (Å²) in [6.07, 6.45) is 3.30. The van der Waals surface area contributed by atoms with Crippen LogP contribution in [-0.4, -0.2) is 6.61 Å². The lowest BCUT2D eigenvalue weighted by Gasteiger charge is -2.27. The number of allylic oxidation sites excluding steroid dienone is 2. The van der Waals surface area contributed by atoms with E-state index >= 15 is 0 Å². The molecule has 98 valence electrons. The van der Waals surface area contributed by atoms with Crippen molar-refractivity contribution in [1.29, 1.82) is 0 Å². The van der Waals surface area contributed by atoms with Crippen LogP contribution in [0.1, 0.15) is 37.3 Å². The lowest BCUT2D eigenvalue weighted by atomic mass is 10.0. The molecule has 3 heteroatoms. The van der Waals surface area contributed by atoms with E-state index in [-0.39, 0.29) is 6.10 Å². The fourth-order valence-electron chi connectivity index (χ4n) is 2.20. The standard InChI is InChI=1S/C15H21NOS/c1-10(2)9-13(16-11(3)4)15-12-6-8-18-14(12)5-7-17-15/h6,8-10,15-16H,3,5,7H2,1-2,4H3/b13-9-. The second-order valence-electron chi connectivity index (χ2n) is 5.07. The summed E-state index contributed by atoms with van der Waals surface area (Å²) in [4.78, 5) is 1.45. The minimum absolute atomic E-state index is 0.0408. The van der Waals surface area contributed by atoms with Gasteiger partial charge < -0.3 is 10.1 Å². The largest absolute Gasteiger partial charge is 0.367 e. The van der Waals surface area contributed by atoms with Gasteiger partial charge in [0.2, 0.25) is 0 Å². The van der Waals surface area contributed by atoms with Crippen LogP contribution in [0.15, 0.2) is 35.5 Å². The van der Waals surface area contributed by atoms with E-state index in [1.54, 1.807) is 0 Å². The van der Waals surface area contributed by atoms with Gasteiger partial charge in [0, 0.05) is 28.3 Å². The van der Waals surface area contributed by atoms with Crippen LogP contribution in [0.5, 0.6) is 0 Å². The molecule has 1 aromatic heterocycles. The maximum atomic E-state index is 5.96. The van der Waals surface area contributed by atoms with Gasteiger partial charge in [-0.3, -0.25) is 0 Å². The molecule has 1 unspecified atom stereocenters. The molecule has 0 amide bonds. The molecule has 1 aliphatic rings. The van der Waals surface area contributed by atoms with Crippen molar-refractivity contribution in [2.24, 2.45) is 5.92 Å². The first kappa shape index (κ1) is 13.4. The first-order chi connectivity index (χ1) is 8.58. The van der Waals surface area contributed by atoms with Gasteiger partial charge in [0.05, 0.1) is 6.61 Å². The Hall–Kier alpha value is -1.06. The molecule has 2 rings (SSSR count). The number of nitrogens with one attached hydrogen (secondary N) is 1. The SMILES string of the molecule is C=C(C)N/C(=C\C(C)C)C1OCCc2sccc21. The van der Waals surface area contributed by atoms with E-state index in [1.165, 1.54) is 10.4 Å². The number of hydrogen-bond donors (Lipinski definition) is 1. The Bertz CT molecular complexity index is 459. The highest BCUT2D eigenvalue weighted by Crippen LogP contribution is 2.35. The second kappa shape index (κ2) is 5.72. The Morgan fingerprint density at radius 3 is 3.06 bits per heavy atom. The highest BCUT2D eigenvalue weighted by atomic mass is 32.1. The lowest BCUT2D eigenvalue weighted by molar-refractivity contribution is 0.0643. The predicted octanol–water partition coefficient (Wildman–Crippen LogP) is 4.03. The number of fused-ring (bicyclic) bond motifs is 1. The summed E-state index contributed by atoms with van der Waals surface area (Å²) in [5.41, 5.74) is 3.39. The summed E-state index contributed by atoms with van der Waals surface area (Å²) in [5, 5.41) is 5.51. The molecule has 0 bridgehead atoms. The van der Waals surface area contributed by atoms with Crippen LogP contribution >= 0.6 is 11.3 Å². The van der Waals surface area contributed by atoms with Gasteiger partial charge in [-0.1, -0.05) is 26.5 Å². The number of thiophene rings is 1. The number of hydrogen-bond acceptors (Lipinski definition) is 3. The first-order valence-corrected chi connectivity index (χ1v) is 7.28. The average Bonchev–Trinajstić information content (AvgIpc) is 2.74. The van der Waals surface area contributed by atoms with Crippen LogP contribution in [0.25, 0.3) is 0 Å². The number of rotatable bonds is 4. The van der Waals surface area contributed by atoms with Gasteiger partial charge in [-0.2, -0.15) is 0 Å². The third-order valence-corrected chi connectivity index (χ3v) is 3.83. The van der Waals surface area contributed by atoms with Crippen LogP contribution in [0.3, 0.4) is 0 Å². The smallest absolute Gasteiger partial charge is 0.123 e. The van der Waals surface area contributed by atoms with Crippen molar-refractivity contribution < 1.29 is 4.74 Å². The molecule has 1 atom stereocenters. The van der Waals surface area contributed by atoms with E-state index in [4.69, 9.17) is 4.74 Å². The quantitative estimate of drug-likeness (QED) is 0.885. The van der Waals surface area contributed by atoms with E-state index < -0.39 is 0 Å². The van der Waals surface area contributed by atoms with Crippen molar-refractivity contribution in [3.05, 3.63) is 45.9 Å². The van der Waals surface area contributed by atoms with Crippen molar-refractivity contribution >= 4 is 11.3 Å². The lowest BCUT2D eigenvalue weighted by Crippen LogP contribution is -2.24. The Balaban J connectivity index is 2.30. The van der Waals surface area contributed by atoms with E-state index in [1.807, 2.05) is 18.3 Å². The molecule has 1 aliphatic heterocycles. The second-order valence-corrected chi connectivity index (χ2v) is 6.07. The van der Waals surface area contributed by atoms with Gasteiger partial charge in [-0.15, -0.1) is 11.3 Å². The molecular formula is C15H21NOS. The van der Waals surface area contributed by atoms with Gasteiger partial charge >= 0.3 is 0 Å². The third-order valence-electron chi connectivity index (χ3n) is 2.83. The van der Waals surface area contributed by atoms with E-state index in [2.05, 4.69) is 43.3 Å². The molecule has 0 spiro atoms. The summed E-state index contributed by atoms with van der Waals surface area (Å²) < 4.78 is 5.96. The fraction of sp³-hybridized carbons (Fsp3) is 0.467. The van der Waals surface area contributed by atoms with Crippen molar-refractivity contribution in [2.75, 3.05) is 6.61 Å². The average molecular weight is 263 g/mol. The number of ether oxygens (including phenoxy) is 1. The normalized spacial score (nSPS) is 19.8. The van der Waals surface area contributed by atoms with Crippen molar-refractivity contribution in [3.8, 4) is 0 Å². The zero-order valence-electron chi connectivity index (χ0n) is 11.3. The molecule has 0 saturated carbocycles. The van der Waals surface area contributed by atoms with E-state index in [0.29, 0.717) is 5.92 Å². The van der Waals surface area contributed by atoms with Gasteiger partial charge in [0.15, 0.2) is 0 Å². The monoisotopic (exact) mass is 263 g/mol. The van der Waals surface area contributed by atoms with Crippen molar-refractivity contribution in [2.45, 2.75) is 33.3 Å². The Labute approximate surface area is 113 Å². The Kier molecular flexibility index (Phi) is 4.25. The van der Waals surface area contributed by atoms with Gasteiger partial charge in [-0.05, 0) is 24.3 Å². The zero-order valence-corrected chi connectivity index (χ0v) is 12.1. The fourth-order valence-corrected chi connectivity index (χ4v) is 3.10. The Morgan fingerprint density at radius 2 is 2.39 bits per heavy atom. The molecule has 2 nitrogen and oxygen atoms in total. The maximum Gasteiger partial charge on any atom is 0.123 e. The molecule has 0 aromatic carbocycles. The van der Waals surface area contributed by atoms with Gasteiger partial charge in [-0.25, -0.2) is 0 Å². The molecule has 0 radical (unpaired) electrons. The van der Waals surface area contributed by atoms with Crippen LogP contribution in [0.4, 0.5) is 0 Å². The molecule has 1 N–H and O–H groups in total. The predicted molar refractivity (Wildman–Crippen MR) is 77.6 cm³/mol. The molecular weight excluding hydrogens is 242 g/mol. The maximum absolute atomic E-state index is 5.96. The summed E-state index contributed by atoms with van der Waals surface area (Å²) in [5.74, 6) is 0.486. The van der Waals surface area contributed by atoms with Crippen LogP contribution in [0.2, 0.25) is 0 Å². The topological polar surface area (TPSA) is 21.3 Å². The summed E-state index contributed by atoms with van der Waals surface area (Å²) >= 11 is 1.83. The third kappa shape index (κ3) is 3.03. The van der Waals surface area contributed by atoms with Gasteiger partial charge in [0.25, 0.3) is 0 Å². The van der Waals surface area contributed by atoms with Crippen LogP contribution in [-0.2, 0) is 11.2 Å². The van der Waals surface area contributed by atoms with Crippen molar-refractivity contribution in [3.63, 3.8) is 0 Å². The van der Waals surface area contributed by atoms with Crippen LogP contribution in [0, 0.1) is 5.92 Å². The zero-order chi connectivity index (χ0) is 13.1. The van der Waals surface area contributed by atoms with Gasteiger partial charge in [0.1, 0.15) is 6.10 Å². The first-order valence-electron chi connectivity index (χ1n) is 6.40. The summed E-state index contributed by atoms with van der Waals surface area (Å²) in [7, 11) is 0. The molecule has 0 aliphatic carbocycles. The van der Waals surface area contributed by atoms with E-state index in [0.717, 1.165) is 24.4 Å². The van der Waals surface area contributed by atoms with Crippen LogP contribution < -0.4 is 5.32 Å². The Morgan fingerprint density at radius 1 is 1.61 bits per heavy atom. The molecule has 18 heavy (non-hydrogen) atoms.